The Morgan fingerprint density at radius 1 is 1.27 bits per heavy atom. The van der Waals surface area contributed by atoms with E-state index >= 15 is 0 Å². The monoisotopic (exact) mass is 205 g/mol. The van der Waals surface area contributed by atoms with Crippen molar-refractivity contribution in [3.05, 3.63) is 28.3 Å². The van der Waals surface area contributed by atoms with E-state index in [2.05, 4.69) is 18.9 Å². The van der Waals surface area contributed by atoms with Crippen LogP contribution in [0.5, 0.6) is 0 Å². The Kier molecular flexibility index (Phi) is 2.14. The lowest BCUT2D eigenvalue weighted by Crippen LogP contribution is -2.17. The van der Waals surface area contributed by atoms with Crippen LogP contribution in [-0.4, -0.2) is 14.3 Å². The molecular weight excluding hydrogens is 190 g/mol. The van der Waals surface area contributed by atoms with E-state index in [4.69, 9.17) is 0 Å². The van der Waals surface area contributed by atoms with Crippen LogP contribution in [0.3, 0.4) is 0 Å². The summed E-state index contributed by atoms with van der Waals surface area (Å²) < 4.78 is 3.29. The Hall–Kier alpha value is -1.58. The zero-order chi connectivity index (χ0) is 11.2. The van der Waals surface area contributed by atoms with Gasteiger partial charge in [0.2, 0.25) is 0 Å². The third-order valence-electron chi connectivity index (χ3n) is 2.62. The minimum atomic E-state index is -0.0324. The van der Waals surface area contributed by atoms with Gasteiger partial charge in [-0.3, -0.25) is 9.48 Å². The molecule has 0 aliphatic heterocycles. The molecular formula is C11H15N3O. The van der Waals surface area contributed by atoms with E-state index in [0.717, 1.165) is 5.39 Å². The number of pyridine rings is 1. The highest BCUT2D eigenvalue weighted by atomic mass is 16.1. The lowest BCUT2D eigenvalue weighted by Gasteiger charge is -2.08. The molecule has 0 fully saturated rings. The predicted molar refractivity (Wildman–Crippen MR) is 60.0 cm³/mol. The summed E-state index contributed by atoms with van der Waals surface area (Å²) in [6, 6.07) is 0. The maximum atomic E-state index is 11.8. The average molecular weight is 205 g/mol. The van der Waals surface area contributed by atoms with Gasteiger partial charge in [0, 0.05) is 31.9 Å². The minimum Gasteiger partial charge on any atom is -0.316 e. The van der Waals surface area contributed by atoms with E-state index in [1.807, 2.05) is 19.4 Å². The van der Waals surface area contributed by atoms with Crippen molar-refractivity contribution in [2.45, 2.75) is 19.8 Å². The molecule has 0 atom stereocenters. The van der Waals surface area contributed by atoms with E-state index in [0.29, 0.717) is 11.4 Å². The first-order valence-corrected chi connectivity index (χ1v) is 5.03. The Labute approximate surface area is 88.1 Å². The zero-order valence-electron chi connectivity index (χ0n) is 9.48. The number of nitrogens with zero attached hydrogens (tertiary/aromatic N) is 3. The van der Waals surface area contributed by atoms with E-state index < -0.39 is 0 Å². The lowest BCUT2D eigenvalue weighted by atomic mass is 10.0. The Morgan fingerprint density at radius 3 is 2.53 bits per heavy atom. The van der Waals surface area contributed by atoms with E-state index in [-0.39, 0.29) is 5.56 Å². The highest BCUT2D eigenvalue weighted by molar-refractivity contribution is 5.81. The minimum absolute atomic E-state index is 0.0324. The molecule has 15 heavy (non-hydrogen) atoms. The van der Waals surface area contributed by atoms with Gasteiger partial charge < -0.3 is 4.57 Å². The van der Waals surface area contributed by atoms with E-state index in [9.17, 15) is 4.79 Å². The summed E-state index contributed by atoms with van der Waals surface area (Å²) in [7, 11) is 3.60. The van der Waals surface area contributed by atoms with Gasteiger partial charge in [0.25, 0.3) is 5.56 Å². The molecule has 2 rings (SSSR count). The fraction of sp³-hybridized carbons (Fsp3) is 0.455. The van der Waals surface area contributed by atoms with Gasteiger partial charge in [0.15, 0.2) is 5.52 Å². The second kappa shape index (κ2) is 3.22. The van der Waals surface area contributed by atoms with Crippen LogP contribution in [0.4, 0.5) is 0 Å². The molecule has 4 nitrogen and oxygen atoms in total. The molecule has 0 aliphatic carbocycles. The molecule has 0 N–H and O–H groups in total. The van der Waals surface area contributed by atoms with E-state index in [1.165, 1.54) is 5.56 Å². The average Bonchev–Trinajstić information content (AvgIpc) is 2.53. The van der Waals surface area contributed by atoms with Gasteiger partial charge in [0.1, 0.15) is 0 Å². The second-order valence-electron chi connectivity index (χ2n) is 4.22. The van der Waals surface area contributed by atoms with Crippen molar-refractivity contribution in [1.82, 2.24) is 14.3 Å². The summed E-state index contributed by atoms with van der Waals surface area (Å²) in [6.07, 6.45) is 3.81. The van der Waals surface area contributed by atoms with Gasteiger partial charge >= 0.3 is 0 Å². The van der Waals surface area contributed by atoms with Gasteiger partial charge in [-0.1, -0.05) is 13.8 Å². The Bertz CT molecular complexity index is 563. The maximum Gasteiger partial charge on any atom is 0.278 e. The first-order chi connectivity index (χ1) is 7.00. The maximum absolute atomic E-state index is 11.8. The first-order valence-electron chi connectivity index (χ1n) is 5.03. The number of aryl methyl sites for hydroxylation is 2. The van der Waals surface area contributed by atoms with Gasteiger partial charge in [-0.05, 0) is 11.5 Å². The third kappa shape index (κ3) is 1.46. The van der Waals surface area contributed by atoms with Crippen molar-refractivity contribution in [3.63, 3.8) is 0 Å². The number of fused-ring (bicyclic) bond motifs is 1. The summed E-state index contributed by atoms with van der Waals surface area (Å²) in [5, 5.41) is 5.17. The van der Waals surface area contributed by atoms with Crippen LogP contribution in [0.15, 0.2) is 17.2 Å². The summed E-state index contributed by atoms with van der Waals surface area (Å²) in [5.74, 6) is 0.392. The quantitative estimate of drug-likeness (QED) is 0.706. The molecule has 0 saturated carbocycles. The molecule has 80 valence electrons. The molecule has 0 unspecified atom stereocenters. The standard InChI is InChI=1S/C11H15N3O/c1-7(2)8-5-13(3)11(15)10-9(8)6-14(4)12-10/h5-7H,1-4H3. The molecule has 0 aromatic carbocycles. The van der Waals surface area contributed by atoms with E-state index in [1.54, 1.807) is 16.3 Å². The molecule has 0 saturated heterocycles. The van der Waals surface area contributed by atoms with Crippen molar-refractivity contribution in [2.24, 2.45) is 14.1 Å². The third-order valence-corrected chi connectivity index (χ3v) is 2.62. The van der Waals surface area contributed by atoms with Gasteiger partial charge in [-0.25, -0.2) is 0 Å². The lowest BCUT2D eigenvalue weighted by molar-refractivity contribution is 0.773. The largest absolute Gasteiger partial charge is 0.316 e. The Balaban J connectivity index is 2.94. The predicted octanol–water partition coefficient (Wildman–Crippen LogP) is 1.40. The topological polar surface area (TPSA) is 39.8 Å². The SMILES string of the molecule is CC(C)c1cn(C)c(=O)c2nn(C)cc12. The van der Waals surface area contributed by atoms with Crippen LogP contribution < -0.4 is 5.56 Å². The Morgan fingerprint density at radius 2 is 1.93 bits per heavy atom. The van der Waals surface area contributed by atoms with Crippen LogP contribution in [0.1, 0.15) is 25.3 Å². The van der Waals surface area contributed by atoms with Crippen LogP contribution >= 0.6 is 0 Å². The van der Waals surface area contributed by atoms with Crippen LogP contribution in [0.25, 0.3) is 10.9 Å². The molecule has 0 aliphatic rings. The highest BCUT2D eigenvalue weighted by Gasteiger charge is 2.12. The van der Waals surface area contributed by atoms with Crippen LogP contribution in [-0.2, 0) is 14.1 Å². The molecule has 0 radical (unpaired) electrons. The normalized spacial score (nSPS) is 11.5. The molecule has 0 bridgehead atoms. The fourth-order valence-electron chi connectivity index (χ4n) is 1.82. The smallest absolute Gasteiger partial charge is 0.278 e. The van der Waals surface area contributed by atoms with Crippen molar-refractivity contribution >= 4 is 10.9 Å². The fourth-order valence-corrected chi connectivity index (χ4v) is 1.82. The van der Waals surface area contributed by atoms with Crippen LogP contribution in [0, 0.1) is 0 Å². The van der Waals surface area contributed by atoms with Crippen molar-refractivity contribution in [2.75, 3.05) is 0 Å². The van der Waals surface area contributed by atoms with Crippen LogP contribution in [0.2, 0.25) is 0 Å². The summed E-state index contributed by atoms with van der Waals surface area (Å²) in [6.45, 7) is 4.23. The molecule has 2 aromatic rings. The number of aromatic nitrogens is 3. The molecule has 2 heterocycles. The van der Waals surface area contributed by atoms with Gasteiger partial charge in [0.05, 0.1) is 0 Å². The van der Waals surface area contributed by atoms with Gasteiger partial charge in [-0.15, -0.1) is 0 Å². The summed E-state index contributed by atoms with van der Waals surface area (Å²) in [5.41, 5.74) is 1.70. The second-order valence-corrected chi connectivity index (χ2v) is 4.22. The summed E-state index contributed by atoms with van der Waals surface area (Å²) in [4.78, 5) is 11.8. The molecule has 0 amide bonds. The molecule has 2 aromatic heterocycles. The van der Waals surface area contributed by atoms with Crippen molar-refractivity contribution < 1.29 is 0 Å². The summed E-state index contributed by atoms with van der Waals surface area (Å²) >= 11 is 0. The van der Waals surface area contributed by atoms with Gasteiger partial charge in [-0.2, -0.15) is 5.10 Å². The number of rotatable bonds is 1. The molecule has 4 heteroatoms. The zero-order valence-corrected chi connectivity index (χ0v) is 9.48. The van der Waals surface area contributed by atoms with Crippen molar-refractivity contribution in [1.29, 1.82) is 0 Å². The number of hydrogen-bond acceptors (Lipinski definition) is 2. The van der Waals surface area contributed by atoms with Crippen molar-refractivity contribution in [3.8, 4) is 0 Å². The first kappa shape index (κ1) is 9.96. The highest BCUT2D eigenvalue weighted by Crippen LogP contribution is 2.21. The molecule has 0 spiro atoms. The number of hydrogen-bond donors (Lipinski definition) is 0.